The largest absolute Gasteiger partial charge is 0.487 e. The van der Waals surface area contributed by atoms with Gasteiger partial charge in [-0.3, -0.25) is 0 Å². The topological polar surface area (TPSA) is 13.7 Å². The van der Waals surface area contributed by atoms with Crippen LogP contribution >= 0.6 is 0 Å². The Morgan fingerprint density at radius 1 is 1.29 bits per heavy atom. The molecule has 0 saturated carbocycles. The number of hydrogen-bond donors (Lipinski definition) is 1. The second-order valence-electron chi connectivity index (χ2n) is 7.80. The van der Waals surface area contributed by atoms with Crippen molar-refractivity contribution in [1.82, 2.24) is 0 Å². The average molecular weight is 290 g/mol. The molecule has 118 valence electrons. The second-order valence-corrected chi connectivity index (χ2v) is 7.80. The highest BCUT2D eigenvalue weighted by atomic mass is 16.5. The van der Waals surface area contributed by atoms with Crippen molar-refractivity contribution < 1.29 is 9.64 Å². The molecule has 1 saturated heterocycles. The van der Waals surface area contributed by atoms with Crippen molar-refractivity contribution in [2.75, 3.05) is 26.2 Å². The normalized spacial score (nSPS) is 23.1. The van der Waals surface area contributed by atoms with Crippen LogP contribution in [-0.2, 0) is 5.41 Å². The molecule has 0 aromatic heterocycles. The molecule has 0 aliphatic carbocycles. The van der Waals surface area contributed by atoms with Crippen molar-refractivity contribution in [2.24, 2.45) is 5.92 Å². The summed E-state index contributed by atoms with van der Waals surface area (Å²) in [5.74, 6) is 1.95. The molecular formula is C19H32NO+. The fourth-order valence-electron chi connectivity index (χ4n) is 3.30. The SMILES string of the molecule is Cc1ccc(C(C)(C)C)c(OCC[NH+]2CCC[C@@H](C)C2)c1. The molecule has 1 fully saturated rings. The lowest BCUT2D eigenvalue weighted by Crippen LogP contribution is -3.14. The zero-order chi connectivity index (χ0) is 15.5. The van der Waals surface area contributed by atoms with E-state index in [-0.39, 0.29) is 5.41 Å². The summed E-state index contributed by atoms with van der Waals surface area (Å²) in [6.45, 7) is 15.8. The van der Waals surface area contributed by atoms with Crippen LogP contribution in [0.5, 0.6) is 5.75 Å². The number of quaternary nitrogens is 1. The first-order valence-electron chi connectivity index (χ1n) is 8.44. The van der Waals surface area contributed by atoms with E-state index in [4.69, 9.17) is 4.74 Å². The predicted octanol–water partition coefficient (Wildman–Crippen LogP) is 2.99. The molecule has 1 aliphatic heterocycles. The summed E-state index contributed by atoms with van der Waals surface area (Å²) in [5, 5.41) is 0. The third-order valence-corrected chi connectivity index (χ3v) is 4.52. The van der Waals surface area contributed by atoms with Gasteiger partial charge in [-0.15, -0.1) is 0 Å². The maximum Gasteiger partial charge on any atom is 0.137 e. The minimum absolute atomic E-state index is 0.134. The van der Waals surface area contributed by atoms with Gasteiger partial charge in [-0.2, -0.15) is 0 Å². The number of piperidine rings is 1. The molecule has 0 bridgehead atoms. The van der Waals surface area contributed by atoms with E-state index in [9.17, 15) is 0 Å². The van der Waals surface area contributed by atoms with Gasteiger partial charge >= 0.3 is 0 Å². The van der Waals surface area contributed by atoms with Crippen molar-refractivity contribution in [3.05, 3.63) is 29.3 Å². The number of nitrogens with one attached hydrogen (secondary N) is 1. The van der Waals surface area contributed by atoms with E-state index in [2.05, 4.69) is 52.8 Å². The molecule has 1 aromatic rings. The lowest BCUT2D eigenvalue weighted by molar-refractivity contribution is -0.908. The lowest BCUT2D eigenvalue weighted by atomic mass is 9.86. The zero-order valence-electron chi connectivity index (χ0n) is 14.5. The van der Waals surface area contributed by atoms with Crippen LogP contribution in [0.3, 0.4) is 0 Å². The Morgan fingerprint density at radius 3 is 2.71 bits per heavy atom. The highest BCUT2D eigenvalue weighted by Gasteiger charge is 2.21. The van der Waals surface area contributed by atoms with E-state index in [1.54, 1.807) is 4.90 Å². The Bertz CT molecular complexity index is 461. The van der Waals surface area contributed by atoms with E-state index in [0.29, 0.717) is 0 Å². The van der Waals surface area contributed by atoms with Gasteiger partial charge in [0.05, 0.1) is 13.1 Å². The second kappa shape index (κ2) is 6.83. The first kappa shape index (κ1) is 16.4. The van der Waals surface area contributed by atoms with Crippen molar-refractivity contribution >= 4 is 0 Å². The zero-order valence-corrected chi connectivity index (χ0v) is 14.5. The molecule has 0 amide bonds. The molecule has 1 aromatic carbocycles. The summed E-state index contributed by atoms with van der Waals surface area (Å²) in [4.78, 5) is 1.71. The summed E-state index contributed by atoms with van der Waals surface area (Å²) in [6, 6.07) is 6.60. The smallest absolute Gasteiger partial charge is 0.137 e. The summed E-state index contributed by atoms with van der Waals surface area (Å²) >= 11 is 0. The predicted molar refractivity (Wildman–Crippen MR) is 89.3 cm³/mol. The first-order valence-corrected chi connectivity index (χ1v) is 8.44. The number of benzene rings is 1. The molecule has 0 spiro atoms. The minimum atomic E-state index is 0.134. The van der Waals surface area contributed by atoms with Crippen molar-refractivity contribution in [3.63, 3.8) is 0 Å². The van der Waals surface area contributed by atoms with E-state index in [1.165, 1.54) is 37.1 Å². The number of likely N-dealkylation sites (tertiary alicyclic amines) is 1. The molecule has 2 heteroatoms. The third kappa shape index (κ3) is 4.74. The van der Waals surface area contributed by atoms with Crippen LogP contribution in [0.25, 0.3) is 0 Å². The van der Waals surface area contributed by atoms with Gasteiger partial charge in [0, 0.05) is 5.92 Å². The van der Waals surface area contributed by atoms with Crippen LogP contribution in [-0.4, -0.2) is 26.2 Å². The summed E-state index contributed by atoms with van der Waals surface area (Å²) in [6.07, 6.45) is 2.77. The number of rotatable bonds is 4. The van der Waals surface area contributed by atoms with Gasteiger partial charge in [-0.05, 0) is 42.4 Å². The maximum absolute atomic E-state index is 6.16. The molecule has 21 heavy (non-hydrogen) atoms. The van der Waals surface area contributed by atoms with Crippen molar-refractivity contribution in [1.29, 1.82) is 0 Å². The fourth-order valence-corrected chi connectivity index (χ4v) is 3.30. The van der Waals surface area contributed by atoms with Crippen LogP contribution in [0, 0.1) is 12.8 Å². The molecule has 0 radical (unpaired) electrons. The number of aryl methyl sites for hydroxylation is 1. The molecule has 1 N–H and O–H groups in total. The van der Waals surface area contributed by atoms with E-state index in [0.717, 1.165) is 24.8 Å². The Morgan fingerprint density at radius 2 is 2.05 bits per heavy atom. The average Bonchev–Trinajstić information content (AvgIpc) is 2.37. The van der Waals surface area contributed by atoms with Crippen LogP contribution in [0.15, 0.2) is 18.2 Å². The van der Waals surface area contributed by atoms with Gasteiger partial charge < -0.3 is 9.64 Å². The van der Waals surface area contributed by atoms with Gasteiger partial charge in [-0.1, -0.05) is 39.8 Å². The first-order chi connectivity index (χ1) is 9.86. The van der Waals surface area contributed by atoms with Gasteiger partial charge in [0.25, 0.3) is 0 Å². The molecule has 1 unspecified atom stereocenters. The van der Waals surface area contributed by atoms with E-state index in [1.807, 2.05) is 0 Å². The molecule has 2 nitrogen and oxygen atoms in total. The van der Waals surface area contributed by atoms with E-state index < -0.39 is 0 Å². The van der Waals surface area contributed by atoms with Crippen molar-refractivity contribution in [3.8, 4) is 5.75 Å². The Hall–Kier alpha value is -1.02. The lowest BCUT2D eigenvalue weighted by Gasteiger charge is -2.28. The highest BCUT2D eigenvalue weighted by molar-refractivity contribution is 5.41. The monoisotopic (exact) mass is 290 g/mol. The van der Waals surface area contributed by atoms with Crippen LogP contribution in [0.1, 0.15) is 51.7 Å². The molecule has 1 heterocycles. The quantitative estimate of drug-likeness (QED) is 0.900. The summed E-state index contributed by atoms with van der Waals surface area (Å²) in [7, 11) is 0. The molecule has 2 atom stereocenters. The molecule has 1 aliphatic rings. The number of hydrogen-bond acceptors (Lipinski definition) is 1. The van der Waals surface area contributed by atoms with Gasteiger partial charge in [-0.25, -0.2) is 0 Å². The molecular weight excluding hydrogens is 258 g/mol. The maximum atomic E-state index is 6.16. The van der Waals surface area contributed by atoms with Gasteiger partial charge in [0.2, 0.25) is 0 Å². The molecule has 2 rings (SSSR count). The Balaban J connectivity index is 1.95. The van der Waals surface area contributed by atoms with Crippen LogP contribution < -0.4 is 9.64 Å². The van der Waals surface area contributed by atoms with Crippen LogP contribution in [0.4, 0.5) is 0 Å². The van der Waals surface area contributed by atoms with Gasteiger partial charge in [0.15, 0.2) is 0 Å². The summed E-state index contributed by atoms with van der Waals surface area (Å²) < 4.78 is 6.16. The number of ether oxygens (including phenoxy) is 1. The third-order valence-electron chi connectivity index (χ3n) is 4.52. The summed E-state index contributed by atoms with van der Waals surface area (Å²) in [5.41, 5.74) is 2.72. The Labute approximate surface area is 130 Å². The Kier molecular flexibility index (Phi) is 5.32. The van der Waals surface area contributed by atoms with Gasteiger partial charge in [0.1, 0.15) is 18.9 Å². The van der Waals surface area contributed by atoms with Crippen molar-refractivity contribution in [2.45, 2.75) is 52.9 Å². The minimum Gasteiger partial charge on any atom is -0.487 e. The van der Waals surface area contributed by atoms with Crippen LogP contribution in [0.2, 0.25) is 0 Å². The van der Waals surface area contributed by atoms with E-state index >= 15 is 0 Å². The highest BCUT2D eigenvalue weighted by Crippen LogP contribution is 2.31. The standard InChI is InChI=1S/C19H31NO/c1-15-8-9-17(19(3,4)5)18(13-15)21-12-11-20-10-6-7-16(2)14-20/h8-9,13,16H,6-7,10-12,14H2,1-5H3/p+1/t16-/m1/s1. The fraction of sp³-hybridized carbons (Fsp3) is 0.684.